The molecule has 0 saturated heterocycles. The highest BCUT2D eigenvalue weighted by molar-refractivity contribution is 5.33. The smallest absolute Gasteiger partial charge is 0.0490 e. The van der Waals surface area contributed by atoms with Gasteiger partial charge in [0.1, 0.15) is 0 Å². The summed E-state index contributed by atoms with van der Waals surface area (Å²) in [6, 6.07) is 10.8. The van der Waals surface area contributed by atoms with Gasteiger partial charge in [0.05, 0.1) is 0 Å². The molecule has 1 saturated carbocycles. The van der Waals surface area contributed by atoms with Crippen molar-refractivity contribution in [3.63, 3.8) is 0 Å². The summed E-state index contributed by atoms with van der Waals surface area (Å²) in [6.45, 7) is 1.78. The third-order valence-corrected chi connectivity index (χ3v) is 3.26. The Balaban J connectivity index is 1.61. The summed E-state index contributed by atoms with van der Waals surface area (Å²) in [5, 5.41) is 10.4. The molecule has 88 valence electrons. The number of nitrogens with zero attached hydrogens (tertiary/aromatic N) is 1. The van der Waals surface area contributed by atoms with Gasteiger partial charge in [0.15, 0.2) is 0 Å². The van der Waals surface area contributed by atoms with Gasteiger partial charge in [-0.15, -0.1) is 0 Å². The van der Waals surface area contributed by atoms with Crippen LogP contribution in [0.2, 0.25) is 0 Å². The van der Waals surface area contributed by atoms with Crippen molar-refractivity contribution in [3.05, 3.63) is 53.3 Å². The lowest BCUT2D eigenvalue weighted by Gasteiger charge is -2.09. The standard InChI is InChI=1S/C14H17N3/c1-2-4-14(11-5-6-11)12(3-1)9-15-10-13-7-8-16-17-13/h1-4,7-8,11,15H,5-6,9-10H2,(H,16,17). The van der Waals surface area contributed by atoms with Gasteiger partial charge in [0.2, 0.25) is 0 Å². The predicted octanol–water partition coefficient (Wildman–Crippen LogP) is 2.58. The van der Waals surface area contributed by atoms with Crippen LogP contribution in [0.4, 0.5) is 0 Å². The van der Waals surface area contributed by atoms with Crippen LogP contribution in [0.1, 0.15) is 35.6 Å². The largest absolute Gasteiger partial charge is 0.307 e. The first-order valence-electron chi connectivity index (χ1n) is 6.20. The number of hydrogen-bond donors (Lipinski definition) is 2. The van der Waals surface area contributed by atoms with Crippen LogP contribution >= 0.6 is 0 Å². The minimum absolute atomic E-state index is 0.820. The van der Waals surface area contributed by atoms with E-state index < -0.39 is 0 Å². The Morgan fingerprint density at radius 3 is 2.82 bits per heavy atom. The van der Waals surface area contributed by atoms with Gasteiger partial charge in [0.25, 0.3) is 0 Å². The van der Waals surface area contributed by atoms with E-state index in [9.17, 15) is 0 Å². The zero-order chi connectivity index (χ0) is 11.5. The molecule has 1 aromatic carbocycles. The molecule has 0 radical (unpaired) electrons. The predicted molar refractivity (Wildman–Crippen MR) is 67.5 cm³/mol. The van der Waals surface area contributed by atoms with Gasteiger partial charge in [-0.3, -0.25) is 5.10 Å². The van der Waals surface area contributed by atoms with E-state index in [-0.39, 0.29) is 0 Å². The maximum atomic E-state index is 3.94. The molecule has 1 aliphatic rings. The summed E-state index contributed by atoms with van der Waals surface area (Å²) in [4.78, 5) is 0. The van der Waals surface area contributed by atoms with Crippen LogP contribution in [0, 0.1) is 0 Å². The second-order valence-electron chi connectivity index (χ2n) is 4.66. The van der Waals surface area contributed by atoms with E-state index in [1.807, 2.05) is 6.07 Å². The normalized spacial score (nSPS) is 15.1. The Bertz CT molecular complexity index is 472. The maximum Gasteiger partial charge on any atom is 0.0490 e. The number of rotatable bonds is 5. The van der Waals surface area contributed by atoms with Gasteiger partial charge in [0, 0.05) is 25.0 Å². The monoisotopic (exact) mass is 227 g/mol. The van der Waals surface area contributed by atoms with Crippen LogP contribution in [0.25, 0.3) is 0 Å². The molecular formula is C14H17N3. The highest BCUT2D eigenvalue weighted by Crippen LogP contribution is 2.41. The Labute approximate surface area is 101 Å². The molecule has 0 bridgehead atoms. The van der Waals surface area contributed by atoms with Crippen LogP contribution in [0.5, 0.6) is 0 Å². The van der Waals surface area contributed by atoms with Crippen molar-refractivity contribution >= 4 is 0 Å². The first-order valence-corrected chi connectivity index (χ1v) is 6.20. The second kappa shape index (κ2) is 4.72. The van der Waals surface area contributed by atoms with Gasteiger partial charge in [-0.05, 0) is 36.0 Å². The molecule has 1 aliphatic carbocycles. The quantitative estimate of drug-likeness (QED) is 0.824. The average molecular weight is 227 g/mol. The summed E-state index contributed by atoms with van der Waals surface area (Å²) in [5.74, 6) is 0.820. The summed E-state index contributed by atoms with van der Waals surface area (Å²) in [6.07, 6.45) is 4.50. The lowest BCUT2D eigenvalue weighted by atomic mass is 10.0. The first-order chi connectivity index (χ1) is 8.43. The topological polar surface area (TPSA) is 40.7 Å². The molecular weight excluding hydrogens is 210 g/mol. The van der Waals surface area contributed by atoms with Crippen LogP contribution in [0.15, 0.2) is 36.5 Å². The zero-order valence-electron chi connectivity index (χ0n) is 9.82. The molecule has 17 heavy (non-hydrogen) atoms. The van der Waals surface area contributed by atoms with E-state index >= 15 is 0 Å². The number of nitrogens with one attached hydrogen (secondary N) is 2. The Morgan fingerprint density at radius 2 is 2.06 bits per heavy atom. The fourth-order valence-corrected chi connectivity index (χ4v) is 2.20. The van der Waals surface area contributed by atoms with E-state index in [0.717, 1.165) is 24.7 Å². The van der Waals surface area contributed by atoms with Crippen molar-refractivity contribution in [3.8, 4) is 0 Å². The van der Waals surface area contributed by atoms with Crippen molar-refractivity contribution in [2.45, 2.75) is 31.8 Å². The van der Waals surface area contributed by atoms with Crippen molar-refractivity contribution in [1.29, 1.82) is 0 Å². The first kappa shape index (κ1) is 10.5. The van der Waals surface area contributed by atoms with Gasteiger partial charge < -0.3 is 5.32 Å². The summed E-state index contributed by atoms with van der Waals surface area (Å²) in [7, 11) is 0. The van der Waals surface area contributed by atoms with E-state index in [1.165, 1.54) is 24.0 Å². The zero-order valence-corrected chi connectivity index (χ0v) is 9.82. The van der Waals surface area contributed by atoms with Gasteiger partial charge >= 0.3 is 0 Å². The molecule has 2 N–H and O–H groups in total. The lowest BCUT2D eigenvalue weighted by Crippen LogP contribution is -2.14. The minimum atomic E-state index is 0.820. The third-order valence-electron chi connectivity index (χ3n) is 3.26. The van der Waals surface area contributed by atoms with Crippen molar-refractivity contribution in [1.82, 2.24) is 15.5 Å². The molecule has 1 aromatic heterocycles. The maximum absolute atomic E-state index is 3.94. The molecule has 3 heteroatoms. The fourth-order valence-electron chi connectivity index (χ4n) is 2.20. The number of aromatic nitrogens is 2. The summed E-state index contributed by atoms with van der Waals surface area (Å²) < 4.78 is 0. The van der Waals surface area contributed by atoms with E-state index in [1.54, 1.807) is 6.20 Å². The number of benzene rings is 1. The van der Waals surface area contributed by atoms with Crippen LogP contribution < -0.4 is 5.32 Å². The second-order valence-corrected chi connectivity index (χ2v) is 4.66. The Kier molecular flexibility index (Phi) is 2.92. The average Bonchev–Trinajstić information content (AvgIpc) is 3.08. The van der Waals surface area contributed by atoms with Crippen molar-refractivity contribution < 1.29 is 0 Å². The van der Waals surface area contributed by atoms with Gasteiger partial charge in [-0.1, -0.05) is 24.3 Å². The van der Waals surface area contributed by atoms with Crippen LogP contribution in [0.3, 0.4) is 0 Å². The van der Waals surface area contributed by atoms with E-state index in [2.05, 4.69) is 39.8 Å². The van der Waals surface area contributed by atoms with Crippen molar-refractivity contribution in [2.75, 3.05) is 0 Å². The molecule has 1 heterocycles. The molecule has 0 aliphatic heterocycles. The molecule has 0 amide bonds. The van der Waals surface area contributed by atoms with Crippen LogP contribution in [-0.2, 0) is 13.1 Å². The van der Waals surface area contributed by atoms with Gasteiger partial charge in [-0.2, -0.15) is 5.10 Å². The van der Waals surface area contributed by atoms with E-state index in [0.29, 0.717) is 0 Å². The Morgan fingerprint density at radius 1 is 1.18 bits per heavy atom. The highest BCUT2D eigenvalue weighted by atomic mass is 15.1. The molecule has 3 rings (SSSR count). The molecule has 0 spiro atoms. The van der Waals surface area contributed by atoms with E-state index in [4.69, 9.17) is 0 Å². The van der Waals surface area contributed by atoms with Crippen LogP contribution in [-0.4, -0.2) is 10.2 Å². The Hall–Kier alpha value is -1.61. The SMILES string of the molecule is c1ccc(C2CC2)c(CNCc2ccn[nH]2)c1. The summed E-state index contributed by atoms with van der Waals surface area (Å²) in [5.41, 5.74) is 4.10. The molecule has 3 nitrogen and oxygen atoms in total. The molecule has 0 atom stereocenters. The third kappa shape index (κ3) is 2.56. The molecule has 0 unspecified atom stereocenters. The summed E-state index contributed by atoms with van der Waals surface area (Å²) >= 11 is 0. The number of hydrogen-bond acceptors (Lipinski definition) is 2. The minimum Gasteiger partial charge on any atom is -0.307 e. The van der Waals surface area contributed by atoms with Gasteiger partial charge in [-0.25, -0.2) is 0 Å². The molecule has 2 aromatic rings. The number of H-pyrrole nitrogens is 1. The number of aromatic amines is 1. The highest BCUT2D eigenvalue weighted by Gasteiger charge is 2.25. The molecule has 1 fully saturated rings. The fraction of sp³-hybridized carbons (Fsp3) is 0.357. The lowest BCUT2D eigenvalue weighted by molar-refractivity contribution is 0.672. The van der Waals surface area contributed by atoms with Crippen molar-refractivity contribution in [2.24, 2.45) is 0 Å².